The summed E-state index contributed by atoms with van der Waals surface area (Å²) in [5.74, 6) is 0.117. The lowest BCUT2D eigenvalue weighted by molar-refractivity contribution is 0.0856. The number of nitrogens with zero attached hydrogens (tertiary/aromatic N) is 3. The van der Waals surface area contributed by atoms with E-state index in [1.165, 1.54) is 4.68 Å². The number of rotatable bonds is 4. The Morgan fingerprint density at radius 3 is 2.52 bits per heavy atom. The van der Waals surface area contributed by atoms with E-state index in [4.69, 9.17) is 11.6 Å². The quantitative estimate of drug-likeness (QED) is 0.708. The van der Waals surface area contributed by atoms with E-state index in [0.29, 0.717) is 16.8 Å². The molecule has 0 aliphatic heterocycles. The largest absolute Gasteiger partial charge is 0.346 e. The smallest absolute Gasteiger partial charge is 0.272 e. The van der Waals surface area contributed by atoms with Crippen molar-refractivity contribution in [3.05, 3.63) is 33.9 Å². The number of halogens is 1. The lowest BCUT2D eigenvalue weighted by Gasteiger charge is -2.32. The Bertz CT molecular complexity index is 901. The molecule has 0 saturated heterocycles. The summed E-state index contributed by atoms with van der Waals surface area (Å²) in [6, 6.07) is 1.27. The minimum absolute atomic E-state index is 0.132. The number of hydrogen-bond donors (Lipinski definition) is 3. The predicted octanol–water partition coefficient (Wildman–Crippen LogP) is 2.39. The van der Waals surface area contributed by atoms with Crippen LogP contribution < -0.4 is 10.6 Å². The molecule has 0 bridgehead atoms. The van der Waals surface area contributed by atoms with E-state index >= 15 is 0 Å². The molecule has 0 aromatic carbocycles. The number of amides is 2. The SMILES string of the molecule is CC1CCc2[nH]nc(C(=O)N[C@@H]3CCCC[C@H]3NC(=O)c3cc(Cl)n(C)n3)c2C1. The topological polar surface area (TPSA) is 105 Å². The van der Waals surface area contributed by atoms with Gasteiger partial charge in [0, 0.05) is 36.5 Å². The third-order valence-electron chi connectivity index (χ3n) is 6.06. The van der Waals surface area contributed by atoms with Crippen LogP contribution in [0.3, 0.4) is 0 Å². The highest BCUT2D eigenvalue weighted by Gasteiger charge is 2.31. The summed E-state index contributed by atoms with van der Waals surface area (Å²) in [6.07, 6.45) is 6.59. The van der Waals surface area contributed by atoms with Gasteiger partial charge in [0.1, 0.15) is 5.15 Å². The van der Waals surface area contributed by atoms with Gasteiger partial charge in [-0.05, 0) is 38.0 Å². The van der Waals surface area contributed by atoms with E-state index in [1.807, 2.05) is 0 Å². The number of aryl methyl sites for hydroxylation is 2. The maximum absolute atomic E-state index is 13.0. The molecule has 2 aliphatic carbocycles. The van der Waals surface area contributed by atoms with Crippen LogP contribution in [0.1, 0.15) is 71.3 Å². The predicted molar refractivity (Wildman–Crippen MR) is 109 cm³/mol. The zero-order valence-electron chi connectivity index (χ0n) is 16.8. The van der Waals surface area contributed by atoms with Crippen LogP contribution in [0.2, 0.25) is 5.15 Å². The molecule has 3 N–H and O–H groups in total. The first-order valence-corrected chi connectivity index (χ1v) is 10.7. The van der Waals surface area contributed by atoms with Gasteiger partial charge in [-0.25, -0.2) is 0 Å². The maximum Gasteiger partial charge on any atom is 0.272 e. The van der Waals surface area contributed by atoms with Crippen molar-refractivity contribution < 1.29 is 9.59 Å². The van der Waals surface area contributed by atoms with E-state index in [2.05, 4.69) is 32.9 Å². The molecule has 2 aromatic rings. The second kappa shape index (κ2) is 8.18. The van der Waals surface area contributed by atoms with E-state index in [9.17, 15) is 9.59 Å². The minimum Gasteiger partial charge on any atom is -0.346 e. The average molecular weight is 419 g/mol. The van der Waals surface area contributed by atoms with Crippen molar-refractivity contribution in [1.82, 2.24) is 30.6 Å². The average Bonchev–Trinajstić information content (AvgIpc) is 3.26. The van der Waals surface area contributed by atoms with Crippen molar-refractivity contribution in [2.24, 2.45) is 13.0 Å². The third kappa shape index (κ3) is 4.17. The zero-order chi connectivity index (χ0) is 20.5. The maximum atomic E-state index is 13.0. The molecule has 1 saturated carbocycles. The number of carbonyl (C=O) groups excluding carboxylic acids is 2. The molecule has 4 rings (SSSR count). The van der Waals surface area contributed by atoms with Gasteiger partial charge in [-0.3, -0.25) is 19.4 Å². The second-order valence-electron chi connectivity index (χ2n) is 8.30. The molecule has 1 fully saturated rings. The molecular weight excluding hydrogens is 392 g/mol. The van der Waals surface area contributed by atoms with Gasteiger partial charge in [0.15, 0.2) is 11.4 Å². The number of aromatic amines is 1. The van der Waals surface area contributed by atoms with Crippen LogP contribution >= 0.6 is 11.6 Å². The van der Waals surface area contributed by atoms with Crippen molar-refractivity contribution in [2.45, 2.75) is 64.0 Å². The van der Waals surface area contributed by atoms with Gasteiger partial charge < -0.3 is 10.6 Å². The third-order valence-corrected chi connectivity index (χ3v) is 6.42. The highest BCUT2D eigenvalue weighted by molar-refractivity contribution is 6.29. The monoisotopic (exact) mass is 418 g/mol. The molecule has 156 valence electrons. The molecule has 2 amide bonds. The molecule has 1 unspecified atom stereocenters. The summed E-state index contributed by atoms with van der Waals surface area (Å²) in [5, 5.41) is 18.0. The first kappa shape index (κ1) is 19.9. The normalized spacial score (nSPS) is 24.0. The number of nitrogens with one attached hydrogen (secondary N) is 3. The molecule has 2 aliphatic rings. The Morgan fingerprint density at radius 1 is 1.17 bits per heavy atom. The van der Waals surface area contributed by atoms with E-state index in [-0.39, 0.29) is 29.6 Å². The molecule has 9 heteroatoms. The molecule has 8 nitrogen and oxygen atoms in total. The molecular formula is C20H27ClN6O2. The Labute approximate surface area is 174 Å². The van der Waals surface area contributed by atoms with Crippen molar-refractivity contribution in [3.8, 4) is 0 Å². The van der Waals surface area contributed by atoms with Gasteiger partial charge in [0.25, 0.3) is 11.8 Å². The van der Waals surface area contributed by atoms with Gasteiger partial charge in [0.05, 0.1) is 0 Å². The van der Waals surface area contributed by atoms with E-state index in [0.717, 1.165) is 56.2 Å². The number of fused-ring (bicyclic) bond motifs is 1. The summed E-state index contributed by atoms with van der Waals surface area (Å²) in [7, 11) is 1.69. The molecule has 0 radical (unpaired) electrons. The van der Waals surface area contributed by atoms with Crippen LogP contribution in [0.5, 0.6) is 0 Å². The van der Waals surface area contributed by atoms with Crippen molar-refractivity contribution in [1.29, 1.82) is 0 Å². The van der Waals surface area contributed by atoms with Gasteiger partial charge in [0.2, 0.25) is 0 Å². The summed E-state index contributed by atoms with van der Waals surface area (Å²) in [5.41, 5.74) is 2.90. The number of hydrogen-bond acceptors (Lipinski definition) is 4. The van der Waals surface area contributed by atoms with Gasteiger partial charge in [-0.2, -0.15) is 10.2 Å². The molecule has 2 heterocycles. The standard InChI is InChI=1S/C20H27ClN6O2/c1-11-7-8-13-12(9-11)18(25-24-13)20(29)23-15-6-4-3-5-14(15)22-19(28)16-10-17(21)27(2)26-16/h10-11,14-15H,3-9H2,1-2H3,(H,22,28)(H,23,29)(H,24,25)/t11?,14-,15-/m1/s1. The minimum atomic E-state index is -0.273. The number of H-pyrrole nitrogens is 1. The van der Waals surface area contributed by atoms with Crippen LogP contribution in [-0.4, -0.2) is 43.9 Å². The Hall–Kier alpha value is -2.35. The fourth-order valence-corrected chi connectivity index (χ4v) is 4.51. The lowest BCUT2D eigenvalue weighted by atomic mass is 9.87. The molecule has 29 heavy (non-hydrogen) atoms. The first-order valence-electron chi connectivity index (χ1n) is 10.3. The van der Waals surface area contributed by atoms with E-state index < -0.39 is 0 Å². The molecule has 3 atom stereocenters. The second-order valence-corrected chi connectivity index (χ2v) is 8.68. The van der Waals surface area contributed by atoms with Gasteiger partial charge in [-0.15, -0.1) is 0 Å². The van der Waals surface area contributed by atoms with Crippen LogP contribution in [0.25, 0.3) is 0 Å². The Morgan fingerprint density at radius 2 is 1.86 bits per heavy atom. The van der Waals surface area contributed by atoms with Crippen LogP contribution in [0.15, 0.2) is 6.07 Å². The Kier molecular flexibility index (Phi) is 5.63. The summed E-state index contributed by atoms with van der Waals surface area (Å²) in [6.45, 7) is 2.20. The highest BCUT2D eigenvalue weighted by atomic mass is 35.5. The molecule has 0 spiro atoms. The lowest BCUT2D eigenvalue weighted by Crippen LogP contribution is -2.53. The van der Waals surface area contributed by atoms with Crippen LogP contribution in [-0.2, 0) is 19.9 Å². The van der Waals surface area contributed by atoms with Gasteiger partial charge in [-0.1, -0.05) is 31.4 Å². The first-order chi connectivity index (χ1) is 13.9. The number of carbonyl (C=O) groups is 2. The van der Waals surface area contributed by atoms with Crippen molar-refractivity contribution >= 4 is 23.4 Å². The fraction of sp³-hybridized carbons (Fsp3) is 0.600. The van der Waals surface area contributed by atoms with Crippen molar-refractivity contribution in [3.63, 3.8) is 0 Å². The van der Waals surface area contributed by atoms with Crippen LogP contribution in [0, 0.1) is 5.92 Å². The van der Waals surface area contributed by atoms with Gasteiger partial charge >= 0.3 is 0 Å². The highest BCUT2D eigenvalue weighted by Crippen LogP contribution is 2.27. The van der Waals surface area contributed by atoms with Crippen LogP contribution in [0.4, 0.5) is 0 Å². The molecule has 2 aromatic heterocycles. The summed E-state index contributed by atoms with van der Waals surface area (Å²) in [4.78, 5) is 25.6. The van der Waals surface area contributed by atoms with Crippen molar-refractivity contribution in [2.75, 3.05) is 0 Å². The zero-order valence-corrected chi connectivity index (χ0v) is 17.6. The summed E-state index contributed by atoms with van der Waals surface area (Å²) < 4.78 is 1.46. The van der Waals surface area contributed by atoms with E-state index in [1.54, 1.807) is 13.1 Å². The fourth-order valence-electron chi connectivity index (χ4n) is 4.37. The number of aromatic nitrogens is 4. The summed E-state index contributed by atoms with van der Waals surface area (Å²) >= 11 is 5.99. The Balaban J connectivity index is 1.45.